The van der Waals surface area contributed by atoms with Crippen molar-refractivity contribution in [3.05, 3.63) is 64.6 Å². The van der Waals surface area contributed by atoms with Gasteiger partial charge in [-0.25, -0.2) is 5.43 Å². The van der Waals surface area contributed by atoms with Crippen LogP contribution in [0.2, 0.25) is 0 Å². The topological polar surface area (TPSA) is 50.9 Å². The third-order valence-electron chi connectivity index (χ3n) is 3.64. The lowest BCUT2D eigenvalue weighted by Gasteiger charge is -2.17. The number of hydrogen-bond acceptors (Lipinski definition) is 5. The van der Waals surface area contributed by atoms with Crippen LogP contribution in [0.25, 0.3) is 20.2 Å². The van der Waals surface area contributed by atoms with Gasteiger partial charge in [0.1, 0.15) is 0 Å². The van der Waals surface area contributed by atoms with Crippen LogP contribution < -0.4 is 11.3 Å². The van der Waals surface area contributed by atoms with E-state index < -0.39 is 0 Å². The molecular formula is C16H13N3S2. The molecule has 0 saturated carbocycles. The third kappa shape index (κ3) is 2.15. The summed E-state index contributed by atoms with van der Waals surface area (Å²) in [7, 11) is 0. The monoisotopic (exact) mass is 311 g/mol. The van der Waals surface area contributed by atoms with Gasteiger partial charge in [0, 0.05) is 32.1 Å². The van der Waals surface area contributed by atoms with Gasteiger partial charge in [-0.15, -0.1) is 22.7 Å². The van der Waals surface area contributed by atoms with Crippen molar-refractivity contribution in [1.29, 1.82) is 0 Å². The zero-order valence-electron chi connectivity index (χ0n) is 11.1. The maximum Gasteiger partial charge on any atom is 0.0809 e. The number of nitrogens with two attached hydrogens (primary N) is 1. The van der Waals surface area contributed by atoms with Gasteiger partial charge in [0.15, 0.2) is 0 Å². The Balaban J connectivity index is 1.90. The number of hydrogen-bond donors (Lipinski definition) is 2. The van der Waals surface area contributed by atoms with Crippen LogP contribution in [-0.2, 0) is 0 Å². The standard InChI is InChI=1S/C16H13N3S2/c17-19-16(15-8-14-13(21-15)5-7-20-14)12-3-1-2-10-9-18-6-4-11(10)12/h1-9,16,19H,17H2. The smallest absolute Gasteiger partial charge is 0.0809 e. The van der Waals surface area contributed by atoms with Crippen LogP contribution in [0.3, 0.4) is 0 Å². The van der Waals surface area contributed by atoms with E-state index in [2.05, 4.69) is 46.1 Å². The zero-order valence-corrected chi connectivity index (χ0v) is 12.7. The van der Waals surface area contributed by atoms with Gasteiger partial charge in [0.2, 0.25) is 0 Å². The molecule has 3 aromatic heterocycles. The molecule has 0 spiro atoms. The minimum Gasteiger partial charge on any atom is -0.271 e. The summed E-state index contributed by atoms with van der Waals surface area (Å²) >= 11 is 3.56. The fraction of sp³-hybridized carbons (Fsp3) is 0.0625. The second-order valence-electron chi connectivity index (χ2n) is 4.84. The minimum atomic E-state index is 0.000648. The van der Waals surface area contributed by atoms with Crippen LogP contribution in [0.1, 0.15) is 16.5 Å². The maximum atomic E-state index is 5.86. The molecule has 5 heteroatoms. The van der Waals surface area contributed by atoms with E-state index in [1.807, 2.05) is 18.5 Å². The summed E-state index contributed by atoms with van der Waals surface area (Å²) in [5.41, 5.74) is 4.16. The van der Waals surface area contributed by atoms with Crippen molar-refractivity contribution < 1.29 is 0 Å². The van der Waals surface area contributed by atoms with Crippen LogP contribution in [-0.4, -0.2) is 4.98 Å². The third-order valence-corrected chi connectivity index (χ3v) is 5.79. The molecular weight excluding hydrogens is 298 g/mol. The number of hydrazine groups is 1. The quantitative estimate of drug-likeness (QED) is 0.443. The van der Waals surface area contributed by atoms with Crippen molar-refractivity contribution in [3.8, 4) is 0 Å². The van der Waals surface area contributed by atoms with Gasteiger partial charge in [-0.3, -0.25) is 10.8 Å². The lowest BCUT2D eigenvalue weighted by atomic mass is 9.99. The Morgan fingerprint density at radius 1 is 1.14 bits per heavy atom. The molecule has 0 bridgehead atoms. The van der Waals surface area contributed by atoms with E-state index in [1.165, 1.54) is 25.2 Å². The van der Waals surface area contributed by atoms with Crippen molar-refractivity contribution >= 4 is 42.8 Å². The van der Waals surface area contributed by atoms with Gasteiger partial charge in [0.25, 0.3) is 0 Å². The normalized spacial score (nSPS) is 13.0. The average molecular weight is 311 g/mol. The molecule has 4 rings (SSSR count). The van der Waals surface area contributed by atoms with Gasteiger partial charge in [-0.2, -0.15) is 0 Å². The molecule has 1 aromatic carbocycles. The second-order valence-corrected chi connectivity index (χ2v) is 6.90. The van der Waals surface area contributed by atoms with E-state index in [-0.39, 0.29) is 6.04 Å². The van der Waals surface area contributed by atoms with E-state index in [9.17, 15) is 0 Å². The number of rotatable bonds is 3. The van der Waals surface area contributed by atoms with Crippen LogP contribution >= 0.6 is 22.7 Å². The fourth-order valence-electron chi connectivity index (χ4n) is 2.65. The Morgan fingerprint density at radius 2 is 2.10 bits per heavy atom. The van der Waals surface area contributed by atoms with Crippen molar-refractivity contribution in [2.75, 3.05) is 0 Å². The molecule has 3 heterocycles. The summed E-state index contributed by atoms with van der Waals surface area (Å²) in [4.78, 5) is 5.43. The Labute approximate surface area is 130 Å². The summed E-state index contributed by atoms with van der Waals surface area (Å²) < 4.78 is 2.63. The number of fused-ring (bicyclic) bond motifs is 2. The van der Waals surface area contributed by atoms with E-state index in [0.29, 0.717) is 0 Å². The predicted octanol–water partition coefficient (Wildman–Crippen LogP) is 4.06. The first-order valence-electron chi connectivity index (χ1n) is 6.62. The van der Waals surface area contributed by atoms with E-state index in [1.54, 1.807) is 22.7 Å². The molecule has 0 saturated heterocycles. The molecule has 1 atom stereocenters. The summed E-state index contributed by atoms with van der Waals surface area (Å²) in [6.07, 6.45) is 3.71. The number of aromatic nitrogens is 1. The molecule has 0 radical (unpaired) electrons. The molecule has 0 aliphatic rings. The lowest BCUT2D eigenvalue weighted by Crippen LogP contribution is -2.28. The highest BCUT2D eigenvalue weighted by Crippen LogP contribution is 2.37. The first kappa shape index (κ1) is 12.9. The minimum absolute atomic E-state index is 0.000648. The average Bonchev–Trinajstić information content (AvgIpc) is 3.10. The van der Waals surface area contributed by atoms with E-state index in [4.69, 9.17) is 5.84 Å². The van der Waals surface area contributed by atoms with Crippen LogP contribution in [0.15, 0.2) is 54.2 Å². The number of nitrogens with zero attached hydrogens (tertiary/aromatic N) is 1. The van der Waals surface area contributed by atoms with Gasteiger partial charge in [-0.1, -0.05) is 18.2 Å². The molecule has 0 aliphatic heterocycles. The van der Waals surface area contributed by atoms with Gasteiger partial charge < -0.3 is 0 Å². The van der Waals surface area contributed by atoms with Crippen molar-refractivity contribution in [2.24, 2.45) is 5.84 Å². The summed E-state index contributed by atoms with van der Waals surface area (Å²) in [6, 6.07) is 12.7. The van der Waals surface area contributed by atoms with E-state index in [0.717, 1.165) is 5.39 Å². The number of thiophene rings is 2. The second kappa shape index (κ2) is 5.20. The van der Waals surface area contributed by atoms with E-state index >= 15 is 0 Å². The highest BCUT2D eigenvalue weighted by Gasteiger charge is 2.18. The van der Waals surface area contributed by atoms with Gasteiger partial charge in [-0.05, 0) is 34.5 Å². The lowest BCUT2D eigenvalue weighted by molar-refractivity contribution is 0.651. The van der Waals surface area contributed by atoms with Crippen molar-refractivity contribution in [3.63, 3.8) is 0 Å². The Bertz CT molecular complexity index is 876. The molecule has 4 aromatic rings. The predicted molar refractivity (Wildman–Crippen MR) is 90.6 cm³/mol. The molecule has 3 N–H and O–H groups in total. The summed E-state index contributed by atoms with van der Waals surface area (Å²) in [5.74, 6) is 5.86. The largest absolute Gasteiger partial charge is 0.271 e. The maximum absolute atomic E-state index is 5.86. The molecule has 0 aliphatic carbocycles. The van der Waals surface area contributed by atoms with Gasteiger partial charge in [0.05, 0.1) is 6.04 Å². The summed E-state index contributed by atoms with van der Waals surface area (Å²) in [6.45, 7) is 0. The van der Waals surface area contributed by atoms with Crippen molar-refractivity contribution in [1.82, 2.24) is 10.4 Å². The molecule has 0 amide bonds. The SMILES string of the molecule is NNC(c1cc2sccc2s1)c1cccc2cnccc12. The molecule has 1 unspecified atom stereocenters. The van der Waals surface area contributed by atoms with Gasteiger partial charge >= 0.3 is 0 Å². The number of pyridine rings is 1. The fourth-order valence-corrected chi connectivity index (χ4v) is 4.85. The Morgan fingerprint density at radius 3 is 2.95 bits per heavy atom. The highest BCUT2D eigenvalue weighted by molar-refractivity contribution is 7.27. The van der Waals surface area contributed by atoms with Crippen LogP contribution in [0.5, 0.6) is 0 Å². The Hall–Kier alpha value is -1.79. The van der Waals surface area contributed by atoms with Crippen LogP contribution in [0, 0.1) is 0 Å². The summed E-state index contributed by atoms with van der Waals surface area (Å²) in [5, 5.41) is 4.44. The zero-order chi connectivity index (χ0) is 14.2. The molecule has 104 valence electrons. The molecule has 21 heavy (non-hydrogen) atoms. The first-order valence-corrected chi connectivity index (χ1v) is 8.32. The first-order chi connectivity index (χ1) is 10.4. The van der Waals surface area contributed by atoms with Crippen molar-refractivity contribution in [2.45, 2.75) is 6.04 Å². The highest BCUT2D eigenvalue weighted by atomic mass is 32.1. The number of nitrogens with one attached hydrogen (secondary N) is 1. The van der Waals surface area contributed by atoms with Crippen LogP contribution in [0.4, 0.5) is 0 Å². The number of benzene rings is 1. The molecule has 3 nitrogen and oxygen atoms in total. The molecule has 0 fully saturated rings. The Kier molecular flexibility index (Phi) is 3.20.